The van der Waals surface area contributed by atoms with Gasteiger partial charge in [-0.1, -0.05) is 13.8 Å². The lowest BCUT2D eigenvalue weighted by Crippen LogP contribution is -2.46. The summed E-state index contributed by atoms with van der Waals surface area (Å²) in [5.74, 6) is 3.16. The van der Waals surface area contributed by atoms with Crippen molar-refractivity contribution in [3.8, 4) is 0 Å². The van der Waals surface area contributed by atoms with E-state index in [0.717, 1.165) is 24.2 Å². The lowest BCUT2D eigenvalue weighted by molar-refractivity contribution is -0.0542. The van der Waals surface area contributed by atoms with Crippen molar-refractivity contribution in [1.29, 1.82) is 0 Å². The molecule has 3 nitrogen and oxygen atoms in total. The first-order chi connectivity index (χ1) is 9.36. The summed E-state index contributed by atoms with van der Waals surface area (Å²) in [7, 11) is -3.32. The zero-order valence-electron chi connectivity index (χ0n) is 12.8. The highest BCUT2D eigenvalue weighted by molar-refractivity contribution is 7.86. The molecule has 0 radical (unpaired) electrons. The van der Waals surface area contributed by atoms with E-state index in [0.29, 0.717) is 12.0 Å². The number of hydrogen-bond acceptors (Lipinski definition) is 3. The lowest BCUT2D eigenvalue weighted by Gasteiger charge is -2.57. The summed E-state index contributed by atoms with van der Waals surface area (Å²) >= 11 is 0. The Bertz CT molecular complexity index is 417. The van der Waals surface area contributed by atoms with Crippen molar-refractivity contribution in [1.82, 2.24) is 0 Å². The summed E-state index contributed by atoms with van der Waals surface area (Å²) in [5.41, 5.74) is 0.336. The summed E-state index contributed by atoms with van der Waals surface area (Å²) in [5, 5.41) is 0. The Morgan fingerprint density at radius 2 is 1.55 bits per heavy atom. The van der Waals surface area contributed by atoms with Crippen LogP contribution in [0.25, 0.3) is 0 Å². The fourth-order valence-corrected chi connectivity index (χ4v) is 6.52. The van der Waals surface area contributed by atoms with Crippen molar-refractivity contribution in [3.63, 3.8) is 0 Å². The summed E-state index contributed by atoms with van der Waals surface area (Å²) in [6.07, 6.45) is 8.90. The minimum atomic E-state index is -3.32. The molecule has 0 heterocycles. The molecule has 4 saturated carbocycles. The van der Waals surface area contributed by atoms with Gasteiger partial charge in [-0.05, 0) is 74.0 Å². The Balaban J connectivity index is 1.58. The van der Waals surface area contributed by atoms with Crippen LogP contribution in [-0.4, -0.2) is 20.8 Å². The SMILES string of the molecule is CC(C)COS(=O)(=O)CCC12CC3CC(CC(C3)C1)C2. The summed E-state index contributed by atoms with van der Waals surface area (Å²) < 4.78 is 29.1. The van der Waals surface area contributed by atoms with Gasteiger partial charge in [0.05, 0.1) is 12.4 Å². The first-order valence-corrected chi connectivity index (χ1v) is 9.81. The molecule has 4 aliphatic carbocycles. The second-order valence-corrected chi connectivity index (χ2v) is 9.87. The van der Waals surface area contributed by atoms with Gasteiger partial charge in [0.25, 0.3) is 10.1 Å². The second kappa shape index (κ2) is 5.28. The molecule has 0 aromatic heterocycles. The third-order valence-electron chi connectivity index (χ3n) is 5.63. The zero-order chi connectivity index (χ0) is 14.4. The van der Waals surface area contributed by atoms with E-state index in [1.165, 1.54) is 38.5 Å². The normalized spacial score (nSPS) is 39.6. The Kier molecular flexibility index (Phi) is 3.91. The average Bonchev–Trinajstić information content (AvgIpc) is 2.33. The Hall–Kier alpha value is -0.0900. The molecule has 0 amide bonds. The zero-order valence-corrected chi connectivity index (χ0v) is 13.6. The van der Waals surface area contributed by atoms with E-state index in [1.54, 1.807) is 0 Å². The van der Waals surface area contributed by atoms with E-state index in [9.17, 15) is 8.42 Å². The molecule has 20 heavy (non-hydrogen) atoms. The van der Waals surface area contributed by atoms with Gasteiger partial charge in [-0.2, -0.15) is 8.42 Å². The van der Waals surface area contributed by atoms with Crippen LogP contribution in [0.5, 0.6) is 0 Å². The maximum atomic E-state index is 12.0. The van der Waals surface area contributed by atoms with Crippen LogP contribution in [-0.2, 0) is 14.3 Å². The highest BCUT2D eigenvalue weighted by Crippen LogP contribution is 2.61. The van der Waals surface area contributed by atoms with Gasteiger partial charge in [-0.15, -0.1) is 0 Å². The molecular weight excluding hydrogens is 272 g/mol. The van der Waals surface area contributed by atoms with Crippen LogP contribution in [0.1, 0.15) is 58.8 Å². The van der Waals surface area contributed by atoms with E-state index in [-0.39, 0.29) is 11.7 Å². The minimum Gasteiger partial charge on any atom is -0.270 e. The lowest BCUT2D eigenvalue weighted by atomic mass is 9.49. The van der Waals surface area contributed by atoms with E-state index < -0.39 is 10.1 Å². The maximum absolute atomic E-state index is 12.0. The van der Waals surface area contributed by atoms with E-state index in [1.807, 2.05) is 13.8 Å². The van der Waals surface area contributed by atoms with Crippen molar-refractivity contribution < 1.29 is 12.6 Å². The van der Waals surface area contributed by atoms with Gasteiger partial charge in [0.2, 0.25) is 0 Å². The predicted octanol–water partition coefficient (Wildman–Crippen LogP) is 3.60. The molecule has 4 bridgehead atoms. The first-order valence-electron chi connectivity index (χ1n) is 8.23. The van der Waals surface area contributed by atoms with Gasteiger partial charge in [0.15, 0.2) is 0 Å². The molecule has 0 unspecified atom stereocenters. The molecule has 4 aliphatic rings. The molecule has 0 aromatic rings. The van der Waals surface area contributed by atoms with Crippen LogP contribution in [0, 0.1) is 29.1 Å². The fourth-order valence-electron chi connectivity index (χ4n) is 5.24. The van der Waals surface area contributed by atoms with E-state index >= 15 is 0 Å². The quantitative estimate of drug-likeness (QED) is 0.704. The molecule has 4 fully saturated rings. The fraction of sp³-hybridized carbons (Fsp3) is 1.00. The third kappa shape index (κ3) is 3.22. The highest BCUT2D eigenvalue weighted by atomic mass is 32.2. The predicted molar refractivity (Wildman–Crippen MR) is 79.8 cm³/mol. The standard InChI is InChI=1S/C16H28O3S/c1-12(2)11-19-20(17,18)4-3-16-8-13-5-14(9-16)7-15(6-13)10-16/h12-15H,3-11H2,1-2H3. The van der Waals surface area contributed by atoms with Crippen molar-refractivity contribution in [2.24, 2.45) is 29.1 Å². The van der Waals surface area contributed by atoms with Crippen molar-refractivity contribution in [2.75, 3.05) is 12.4 Å². The van der Waals surface area contributed by atoms with Gasteiger partial charge in [0.1, 0.15) is 0 Å². The van der Waals surface area contributed by atoms with Crippen LogP contribution >= 0.6 is 0 Å². The third-order valence-corrected chi connectivity index (χ3v) is 6.83. The Morgan fingerprint density at radius 3 is 2.00 bits per heavy atom. The maximum Gasteiger partial charge on any atom is 0.267 e. The molecular formula is C16H28O3S. The molecule has 0 atom stereocenters. The van der Waals surface area contributed by atoms with E-state index in [2.05, 4.69) is 0 Å². The molecule has 4 heteroatoms. The Labute approximate surface area is 123 Å². The molecule has 0 aliphatic heterocycles. The van der Waals surface area contributed by atoms with Crippen LogP contribution in [0.2, 0.25) is 0 Å². The molecule has 116 valence electrons. The molecule has 0 spiro atoms. The largest absolute Gasteiger partial charge is 0.270 e. The molecule has 0 saturated heterocycles. The molecule has 0 aromatic carbocycles. The van der Waals surface area contributed by atoms with Crippen LogP contribution < -0.4 is 0 Å². The van der Waals surface area contributed by atoms with Crippen molar-refractivity contribution in [2.45, 2.75) is 58.8 Å². The second-order valence-electron chi connectivity index (χ2n) is 8.11. The van der Waals surface area contributed by atoms with Gasteiger partial charge in [-0.3, -0.25) is 4.18 Å². The van der Waals surface area contributed by atoms with Gasteiger partial charge >= 0.3 is 0 Å². The van der Waals surface area contributed by atoms with Crippen LogP contribution in [0.15, 0.2) is 0 Å². The van der Waals surface area contributed by atoms with Gasteiger partial charge in [0, 0.05) is 0 Å². The monoisotopic (exact) mass is 300 g/mol. The number of rotatable bonds is 6. The van der Waals surface area contributed by atoms with E-state index in [4.69, 9.17) is 4.18 Å². The molecule has 0 N–H and O–H groups in total. The summed E-state index contributed by atoms with van der Waals surface area (Å²) in [6, 6.07) is 0. The Morgan fingerprint density at radius 1 is 1.05 bits per heavy atom. The number of hydrogen-bond donors (Lipinski definition) is 0. The van der Waals surface area contributed by atoms with Crippen molar-refractivity contribution in [3.05, 3.63) is 0 Å². The summed E-state index contributed by atoms with van der Waals surface area (Å²) in [6.45, 7) is 4.28. The van der Waals surface area contributed by atoms with Gasteiger partial charge < -0.3 is 0 Å². The first kappa shape index (κ1) is 14.8. The topological polar surface area (TPSA) is 43.4 Å². The van der Waals surface area contributed by atoms with Crippen molar-refractivity contribution >= 4 is 10.1 Å². The summed E-state index contributed by atoms with van der Waals surface area (Å²) in [4.78, 5) is 0. The smallest absolute Gasteiger partial charge is 0.267 e. The van der Waals surface area contributed by atoms with Gasteiger partial charge in [-0.25, -0.2) is 0 Å². The average molecular weight is 300 g/mol. The van der Waals surface area contributed by atoms with Crippen LogP contribution in [0.3, 0.4) is 0 Å². The van der Waals surface area contributed by atoms with Crippen LogP contribution in [0.4, 0.5) is 0 Å². The highest BCUT2D eigenvalue weighted by Gasteiger charge is 2.50. The minimum absolute atomic E-state index is 0.228. The molecule has 4 rings (SSSR count).